The van der Waals surface area contributed by atoms with E-state index in [1.807, 2.05) is 49.4 Å². The van der Waals surface area contributed by atoms with E-state index in [2.05, 4.69) is 25.2 Å². The maximum atomic E-state index is 6.06. The molecule has 0 saturated heterocycles. The molecule has 1 N–H and O–H groups in total. The van der Waals surface area contributed by atoms with Gasteiger partial charge in [-0.2, -0.15) is 0 Å². The molecule has 0 aliphatic heterocycles. The summed E-state index contributed by atoms with van der Waals surface area (Å²) < 4.78 is 11.7. The number of nitrogens with one attached hydrogen (secondary N) is 1. The van der Waals surface area contributed by atoms with Gasteiger partial charge in [0.25, 0.3) is 0 Å². The Hall–Kier alpha value is -2.00. The van der Waals surface area contributed by atoms with E-state index >= 15 is 0 Å². The fraction of sp³-hybridized carbons (Fsp3) is 0.333. The largest absolute Gasteiger partial charge is 0.490 e. The van der Waals surface area contributed by atoms with Crippen molar-refractivity contribution >= 4 is 0 Å². The highest BCUT2D eigenvalue weighted by Gasteiger charge is 2.08. The standard InChI is InChI=1S/C18H23NO2/c1-4-20-17-11-7-8-12-18(17)21-16-10-6-5-9-15(16)13-19-14(2)3/h5-12,14,19H,4,13H2,1-3H3. The van der Waals surface area contributed by atoms with Crippen molar-refractivity contribution in [3.05, 3.63) is 54.1 Å². The highest BCUT2D eigenvalue weighted by Crippen LogP contribution is 2.32. The maximum Gasteiger partial charge on any atom is 0.169 e. The smallest absolute Gasteiger partial charge is 0.169 e. The van der Waals surface area contributed by atoms with Gasteiger partial charge >= 0.3 is 0 Å². The Balaban J connectivity index is 2.19. The number of rotatable bonds is 7. The van der Waals surface area contributed by atoms with Gasteiger partial charge in [-0.15, -0.1) is 0 Å². The minimum Gasteiger partial charge on any atom is -0.490 e. The van der Waals surface area contributed by atoms with Crippen molar-refractivity contribution in [2.75, 3.05) is 6.61 Å². The fourth-order valence-corrected chi connectivity index (χ4v) is 1.99. The van der Waals surface area contributed by atoms with Crippen LogP contribution in [-0.2, 0) is 6.54 Å². The first-order valence-electron chi connectivity index (χ1n) is 7.41. The molecule has 0 fully saturated rings. The lowest BCUT2D eigenvalue weighted by molar-refractivity contribution is 0.320. The first kappa shape index (κ1) is 15.4. The zero-order valence-electron chi connectivity index (χ0n) is 12.9. The molecule has 0 spiro atoms. The molecule has 2 aromatic rings. The quantitative estimate of drug-likeness (QED) is 0.819. The van der Waals surface area contributed by atoms with Crippen LogP contribution in [0.2, 0.25) is 0 Å². The van der Waals surface area contributed by atoms with Crippen molar-refractivity contribution in [2.45, 2.75) is 33.4 Å². The second-order valence-corrected chi connectivity index (χ2v) is 5.13. The number of hydrogen-bond donors (Lipinski definition) is 1. The molecule has 0 amide bonds. The Labute approximate surface area is 126 Å². The average molecular weight is 285 g/mol. The van der Waals surface area contributed by atoms with E-state index in [1.54, 1.807) is 0 Å². The van der Waals surface area contributed by atoms with Gasteiger partial charge in [0.2, 0.25) is 0 Å². The second kappa shape index (κ2) is 7.70. The summed E-state index contributed by atoms with van der Waals surface area (Å²) in [4.78, 5) is 0. The van der Waals surface area contributed by atoms with Gasteiger partial charge in [-0.05, 0) is 25.1 Å². The van der Waals surface area contributed by atoms with E-state index in [1.165, 1.54) is 0 Å². The summed E-state index contributed by atoms with van der Waals surface area (Å²) in [5, 5.41) is 3.42. The number of ether oxygens (including phenoxy) is 2. The van der Waals surface area contributed by atoms with Crippen LogP contribution in [0.4, 0.5) is 0 Å². The van der Waals surface area contributed by atoms with Crippen molar-refractivity contribution < 1.29 is 9.47 Å². The normalized spacial score (nSPS) is 10.7. The number of benzene rings is 2. The van der Waals surface area contributed by atoms with Gasteiger partial charge in [0.05, 0.1) is 6.61 Å². The lowest BCUT2D eigenvalue weighted by atomic mass is 10.2. The Morgan fingerprint density at radius 1 is 0.905 bits per heavy atom. The molecule has 0 unspecified atom stereocenters. The highest BCUT2D eigenvalue weighted by molar-refractivity contribution is 5.44. The SMILES string of the molecule is CCOc1ccccc1Oc1ccccc1CNC(C)C. The summed E-state index contributed by atoms with van der Waals surface area (Å²) in [6.07, 6.45) is 0. The maximum absolute atomic E-state index is 6.06. The Bertz CT molecular complexity index is 567. The molecule has 0 aliphatic rings. The van der Waals surface area contributed by atoms with Gasteiger partial charge in [-0.25, -0.2) is 0 Å². The molecule has 3 nitrogen and oxygen atoms in total. The third-order valence-corrected chi connectivity index (χ3v) is 3.04. The first-order chi connectivity index (χ1) is 10.2. The third-order valence-electron chi connectivity index (χ3n) is 3.04. The fourth-order valence-electron chi connectivity index (χ4n) is 1.99. The monoisotopic (exact) mass is 285 g/mol. The lowest BCUT2D eigenvalue weighted by Gasteiger charge is -2.15. The molecule has 0 aromatic heterocycles. The Morgan fingerprint density at radius 3 is 2.19 bits per heavy atom. The van der Waals surface area contributed by atoms with E-state index in [4.69, 9.17) is 9.47 Å². The van der Waals surface area contributed by atoms with E-state index in [-0.39, 0.29) is 0 Å². The third kappa shape index (κ3) is 4.50. The van der Waals surface area contributed by atoms with Gasteiger partial charge in [0, 0.05) is 18.2 Å². The summed E-state index contributed by atoms with van der Waals surface area (Å²) in [5.41, 5.74) is 1.14. The van der Waals surface area contributed by atoms with E-state index in [9.17, 15) is 0 Å². The first-order valence-corrected chi connectivity index (χ1v) is 7.41. The van der Waals surface area contributed by atoms with Crippen LogP contribution in [0, 0.1) is 0 Å². The van der Waals surface area contributed by atoms with E-state index < -0.39 is 0 Å². The van der Waals surface area contributed by atoms with Gasteiger partial charge in [-0.3, -0.25) is 0 Å². The van der Waals surface area contributed by atoms with E-state index in [0.717, 1.165) is 29.4 Å². The van der Waals surface area contributed by atoms with Crippen LogP contribution in [0.3, 0.4) is 0 Å². The predicted molar refractivity (Wildman–Crippen MR) is 86.1 cm³/mol. The van der Waals surface area contributed by atoms with Gasteiger partial charge in [-0.1, -0.05) is 44.2 Å². The van der Waals surface area contributed by atoms with Crippen LogP contribution in [-0.4, -0.2) is 12.6 Å². The molecule has 0 saturated carbocycles. The lowest BCUT2D eigenvalue weighted by Crippen LogP contribution is -2.22. The molecule has 2 rings (SSSR count). The Morgan fingerprint density at radius 2 is 1.52 bits per heavy atom. The molecule has 0 heterocycles. The molecule has 0 aliphatic carbocycles. The highest BCUT2D eigenvalue weighted by atomic mass is 16.5. The van der Waals surface area contributed by atoms with Crippen LogP contribution < -0.4 is 14.8 Å². The number of hydrogen-bond acceptors (Lipinski definition) is 3. The van der Waals surface area contributed by atoms with Crippen LogP contribution in [0.5, 0.6) is 17.2 Å². The van der Waals surface area contributed by atoms with Gasteiger partial charge in [0.1, 0.15) is 5.75 Å². The van der Waals surface area contributed by atoms with Crippen molar-refractivity contribution in [1.29, 1.82) is 0 Å². The molecule has 112 valence electrons. The summed E-state index contributed by atoms with van der Waals surface area (Å²) in [7, 11) is 0. The van der Waals surface area contributed by atoms with E-state index in [0.29, 0.717) is 12.6 Å². The minimum atomic E-state index is 0.439. The summed E-state index contributed by atoms with van der Waals surface area (Å²) >= 11 is 0. The molecule has 0 atom stereocenters. The number of para-hydroxylation sites is 3. The van der Waals surface area contributed by atoms with Crippen molar-refractivity contribution in [1.82, 2.24) is 5.32 Å². The average Bonchev–Trinajstić information content (AvgIpc) is 2.48. The minimum absolute atomic E-state index is 0.439. The van der Waals surface area contributed by atoms with Crippen molar-refractivity contribution in [3.63, 3.8) is 0 Å². The van der Waals surface area contributed by atoms with Gasteiger partial charge < -0.3 is 14.8 Å². The van der Waals surface area contributed by atoms with Crippen LogP contribution >= 0.6 is 0 Å². The molecule has 21 heavy (non-hydrogen) atoms. The zero-order valence-corrected chi connectivity index (χ0v) is 12.9. The zero-order chi connectivity index (χ0) is 15.1. The molecular formula is C18H23NO2. The molecule has 0 bridgehead atoms. The van der Waals surface area contributed by atoms with Crippen LogP contribution in [0.15, 0.2) is 48.5 Å². The van der Waals surface area contributed by atoms with Crippen LogP contribution in [0.25, 0.3) is 0 Å². The molecule has 3 heteroatoms. The van der Waals surface area contributed by atoms with Gasteiger partial charge in [0.15, 0.2) is 11.5 Å². The summed E-state index contributed by atoms with van der Waals surface area (Å²) in [6, 6.07) is 16.3. The summed E-state index contributed by atoms with van der Waals surface area (Å²) in [5.74, 6) is 2.38. The predicted octanol–water partition coefficient (Wildman–Crippen LogP) is 4.38. The molecule has 0 radical (unpaired) electrons. The van der Waals surface area contributed by atoms with Crippen molar-refractivity contribution in [3.8, 4) is 17.2 Å². The topological polar surface area (TPSA) is 30.5 Å². The molecular weight excluding hydrogens is 262 g/mol. The molecule has 2 aromatic carbocycles. The van der Waals surface area contributed by atoms with Crippen LogP contribution in [0.1, 0.15) is 26.3 Å². The second-order valence-electron chi connectivity index (χ2n) is 5.13. The Kier molecular flexibility index (Phi) is 5.64. The van der Waals surface area contributed by atoms with Crippen molar-refractivity contribution in [2.24, 2.45) is 0 Å². The summed E-state index contributed by atoms with van der Waals surface area (Å²) in [6.45, 7) is 7.64.